The van der Waals surface area contributed by atoms with Gasteiger partial charge in [0.1, 0.15) is 5.75 Å². The highest BCUT2D eigenvalue weighted by Gasteiger charge is 2.14. The number of nitrogens with one attached hydrogen (secondary N) is 2. The van der Waals surface area contributed by atoms with Crippen molar-refractivity contribution in [3.8, 4) is 5.75 Å². The Labute approximate surface area is 161 Å². The molecule has 6 nitrogen and oxygen atoms in total. The predicted octanol–water partition coefficient (Wildman–Crippen LogP) is 3.52. The SMILES string of the molecule is C=C(Br)CNC(=O)c1ccc(NS(=O)(=O)c2ccc(OCC)cc2)cc1. The molecule has 8 heteroatoms. The Balaban J connectivity index is 2.07. The zero-order chi connectivity index (χ0) is 19.2. The van der Waals surface area contributed by atoms with Gasteiger partial charge in [-0.1, -0.05) is 22.5 Å². The summed E-state index contributed by atoms with van der Waals surface area (Å²) in [6.07, 6.45) is 0. The van der Waals surface area contributed by atoms with E-state index < -0.39 is 10.0 Å². The van der Waals surface area contributed by atoms with E-state index in [2.05, 4.69) is 32.5 Å². The van der Waals surface area contributed by atoms with Gasteiger partial charge in [0.05, 0.1) is 11.5 Å². The Bertz CT molecular complexity index is 878. The molecule has 0 fully saturated rings. The highest BCUT2D eigenvalue weighted by atomic mass is 79.9. The standard InChI is InChI=1S/C18H19BrN2O4S/c1-3-25-16-8-10-17(11-9-16)26(23,24)21-15-6-4-14(5-7-15)18(22)20-12-13(2)19/h4-11,21H,2-3,12H2,1H3,(H,20,22). The Morgan fingerprint density at radius 1 is 1.12 bits per heavy atom. The Hall–Kier alpha value is -2.32. The molecule has 2 N–H and O–H groups in total. The third kappa shape index (κ3) is 5.60. The number of hydrogen-bond donors (Lipinski definition) is 2. The van der Waals surface area contributed by atoms with Crippen LogP contribution in [0.3, 0.4) is 0 Å². The molecule has 2 rings (SSSR count). The first kappa shape index (κ1) is 20.0. The van der Waals surface area contributed by atoms with Gasteiger partial charge in [-0.05, 0) is 55.5 Å². The summed E-state index contributed by atoms with van der Waals surface area (Å²) in [6, 6.07) is 12.3. The number of halogens is 1. The highest BCUT2D eigenvalue weighted by Crippen LogP contribution is 2.19. The van der Waals surface area contributed by atoms with E-state index >= 15 is 0 Å². The monoisotopic (exact) mass is 438 g/mol. The van der Waals surface area contributed by atoms with E-state index in [0.29, 0.717) is 34.6 Å². The maximum Gasteiger partial charge on any atom is 0.261 e. The van der Waals surface area contributed by atoms with Crippen molar-refractivity contribution in [3.63, 3.8) is 0 Å². The topological polar surface area (TPSA) is 84.5 Å². The first-order valence-corrected chi connectivity index (χ1v) is 10.1. The number of carbonyl (C=O) groups excluding carboxylic acids is 1. The van der Waals surface area contributed by atoms with Gasteiger partial charge in [0, 0.05) is 22.3 Å². The minimum absolute atomic E-state index is 0.124. The third-order valence-electron chi connectivity index (χ3n) is 3.29. The van der Waals surface area contributed by atoms with Gasteiger partial charge in [0.2, 0.25) is 0 Å². The zero-order valence-corrected chi connectivity index (χ0v) is 16.6. The number of ether oxygens (including phenoxy) is 1. The van der Waals surface area contributed by atoms with Crippen molar-refractivity contribution < 1.29 is 17.9 Å². The smallest absolute Gasteiger partial charge is 0.261 e. The molecule has 0 aliphatic heterocycles. The van der Waals surface area contributed by atoms with E-state index in [9.17, 15) is 13.2 Å². The molecular formula is C18H19BrN2O4S. The van der Waals surface area contributed by atoms with Crippen molar-refractivity contribution in [3.05, 3.63) is 65.2 Å². The van der Waals surface area contributed by atoms with Gasteiger partial charge >= 0.3 is 0 Å². The summed E-state index contributed by atoms with van der Waals surface area (Å²) < 4.78 is 33.3. The summed E-state index contributed by atoms with van der Waals surface area (Å²) in [7, 11) is -3.72. The van der Waals surface area contributed by atoms with E-state index in [1.165, 1.54) is 24.3 Å². The minimum Gasteiger partial charge on any atom is -0.494 e. The van der Waals surface area contributed by atoms with E-state index in [1.54, 1.807) is 24.3 Å². The van der Waals surface area contributed by atoms with Crippen LogP contribution in [0, 0.1) is 0 Å². The number of sulfonamides is 1. The van der Waals surface area contributed by atoms with Crippen molar-refractivity contribution in [2.24, 2.45) is 0 Å². The van der Waals surface area contributed by atoms with Crippen molar-refractivity contribution in [2.45, 2.75) is 11.8 Å². The van der Waals surface area contributed by atoms with Gasteiger partial charge in [-0.3, -0.25) is 9.52 Å². The number of benzene rings is 2. The van der Waals surface area contributed by atoms with Crippen LogP contribution in [0.5, 0.6) is 5.75 Å². The van der Waals surface area contributed by atoms with Crippen molar-refractivity contribution in [1.82, 2.24) is 5.32 Å². The van der Waals surface area contributed by atoms with Gasteiger partial charge in [0.25, 0.3) is 15.9 Å². The minimum atomic E-state index is -3.72. The lowest BCUT2D eigenvalue weighted by molar-refractivity contribution is 0.0958. The van der Waals surface area contributed by atoms with Gasteiger partial charge in [0.15, 0.2) is 0 Å². The van der Waals surface area contributed by atoms with Crippen molar-refractivity contribution in [2.75, 3.05) is 17.9 Å². The quantitative estimate of drug-likeness (QED) is 0.659. The molecule has 0 atom stereocenters. The second-order valence-corrected chi connectivity index (χ2v) is 8.09. The number of amides is 1. The second kappa shape index (κ2) is 8.86. The molecule has 0 aromatic heterocycles. The van der Waals surface area contributed by atoms with E-state index in [0.717, 1.165) is 0 Å². The zero-order valence-electron chi connectivity index (χ0n) is 14.2. The fourth-order valence-corrected chi connectivity index (χ4v) is 3.26. The van der Waals surface area contributed by atoms with Crippen molar-refractivity contribution in [1.29, 1.82) is 0 Å². The lowest BCUT2D eigenvalue weighted by Crippen LogP contribution is -2.24. The van der Waals surface area contributed by atoms with Crippen LogP contribution in [0.1, 0.15) is 17.3 Å². The van der Waals surface area contributed by atoms with Crippen LogP contribution >= 0.6 is 15.9 Å². The first-order chi connectivity index (χ1) is 12.3. The molecule has 0 radical (unpaired) electrons. The molecule has 0 aliphatic rings. The fraction of sp³-hybridized carbons (Fsp3) is 0.167. The lowest BCUT2D eigenvalue weighted by atomic mass is 10.2. The number of hydrogen-bond acceptors (Lipinski definition) is 4. The van der Waals surface area contributed by atoms with Gasteiger partial charge in [-0.15, -0.1) is 0 Å². The molecule has 0 saturated carbocycles. The van der Waals surface area contributed by atoms with Crippen LogP contribution in [0.2, 0.25) is 0 Å². The lowest BCUT2D eigenvalue weighted by Gasteiger charge is -2.10. The van der Waals surface area contributed by atoms with E-state index in [1.807, 2.05) is 6.92 Å². The fourth-order valence-electron chi connectivity index (χ4n) is 2.06. The molecular weight excluding hydrogens is 420 g/mol. The Kier molecular flexibility index (Phi) is 6.82. The number of anilines is 1. The predicted molar refractivity (Wildman–Crippen MR) is 105 cm³/mol. The second-order valence-electron chi connectivity index (χ2n) is 5.29. The van der Waals surface area contributed by atoms with Crippen LogP contribution < -0.4 is 14.8 Å². The summed E-state index contributed by atoms with van der Waals surface area (Å²) in [5.74, 6) is 0.333. The molecule has 138 valence electrons. The third-order valence-corrected chi connectivity index (χ3v) is 4.96. The molecule has 0 saturated heterocycles. The highest BCUT2D eigenvalue weighted by molar-refractivity contribution is 9.11. The maximum atomic E-state index is 12.4. The molecule has 1 amide bonds. The number of carbonyl (C=O) groups is 1. The van der Waals surface area contributed by atoms with E-state index in [4.69, 9.17) is 4.74 Å². The molecule has 26 heavy (non-hydrogen) atoms. The molecule has 0 spiro atoms. The Morgan fingerprint density at radius 2 is 1.73 bits per heavy atom. The molecule has 0 bridgehead atoms. The van der Waals surface area contributed by atoms with Crippen LogP contribution in [-0.4, -0.2) is 27.5 Å². The van der Waals surface area contributed by atoms with E-state index in [-0.39, 0.29) is 10.8 Å². The van der Waals surface area contributed by atoms with Crippen LogP contribution in [-0.2, 0) is 10.0 Å². The molecule has 2 aromatic rings. The average molecular weight is 439 g/mol. The first-order valence-electron chi connectivity index (χ1n) is 7.79. The van der Waals surface area contributed by atoms with Crippen LogP contribution in [0.4, 0.5) is 5.69 Å². The molecule has 0 unspecified atom stereocenters. The average Bonchev–Trinajstić information content (AvgIpc) is 2.61. The maximum absolute atomic E-state index is 12.4. The largest absolute Gasteiger partial charge is 0.494 e. The van der Waals surface area contributed by atoms with Gasteiger partial charge in [-0.25, -0.2) is 8.42 Å². The number of rotatable bonds is 8. The summed E-state index contributed by atoms with van der Waals surface area (Å²) in [6.45, 7) is 6.31. The van der Waals surface area contributed by atoms with Crippen LogP contribution in [0.25, 0.3) is 0 Å². The summed E-state index contributed by atoms with van der Waals surface area (Å²) in [4.78, 5) is 12.1. The Morgan fingerprint density at radius 3 is 2.27 bits per heavy atom. The summed E-state index contributed by atoms with van der Waals surface area (Å²) in [5.41, 5.74) is 0.781. The van der Waals surface area contributed by atoms with Gasteiger partial charge in [-0.2, -0.15) is 0 Å². The summed E-state index contributed by atoms with van der Waals surface area (Å²) in [5, 5.41) is 2.67. The van der Waals surface area contributed by atoms with Gasteiger partial charge < -0.3 is 10.1 Å². The molecule has 2 aromatic carbocycles. The molecule has 0 aliphatic carbocycles. The molecule has 0 heterocycles. The van der Waals surface area contributed by atoms with Crippen LogP contribution in [0.15, 0.2) is 64.5 Å². The normalized spacial score (nSPS) is 10.8. The van der Waals surface area contributed by atoms with Crippen molar-refractivity contribution >= 4 is 37.5 Å². The summed E-state index contributed by atoms with van der Waals surface area (Å²) >= 11 is 3.16.